The van der Waals surface area contributed by atoms with Crippen LogP contribution >= 0.6 is 0 Å². The van der Waals surface area contributed by atoms with E-state index in [-0.39, 0.29) is 24.6 Å². The molecule has 1 N–H and O–H groups in total. The molecule has 1 aliphatic rings. The lowest BCUT2D eigenvalue weighted by molar-refractivity contribution is -0.141. The van der Waals surface area contributed by atoms with Gasteiger partial charge in [0.1, 0.15) is 0 Å². The Morgan fingerprint density at radius 3 is 2.83 bits per heavy atom. The van der Waals surface area contributed by atoms with Gasteiger partial charge in [0.25, 0.3) is 5.91 Å². The van der Waals surface area contributed by atoms with E-state index in [1.54, 1.807) is 11.1 Å². The fourth-order valence-electron chi connectivity index (χ4n) is 2.45. The summed E-state index contributed by atoms with van der Waals surface area (Å²) in [6.45, 7) is 0.965. The van der Waals surface area contributed by atoms with Gasteiger partial charge < -0.3 is 14.7 Å². The molecule has 0 radical (unpaired) electrons. The van der Waals surface area contributed by atoms with Crippen molar-refractivity contribution in [3.8, 4) is 5.69 Å². The van der Waals surface area contributed by atoms with Crippen LogP contribution < -0.4 is 0 Å². The van der Waals surface area contributed by atoms with E-state index in [1.807, 2.05) is 30.3 Å². The highest BCUT2D eigenvalue weighted by molar-refractivity contribution is 5.92. The second-order valence-electron chi connectivity index (χ2n) is 5.23. The van der Waals surface area contributed by atoms with Gasteiger partial charge >= 0.3 is 5.97 Å². The molecule has 8 heteroatoms. The van der Waals surface area contributed by atoms with Crippen LogP contribution in [0.4, 0.5) is 0 Å². The molecule has 0 aliphatic carbocycles. The summed E-state index contributed by atoms with van der Waals surface area (Å²) in [6.07, 6.45) is 0.953. The van der Waals surface area contributed by atoms with Crippen LogP contribution in [0.3, 0.4) is 0 Å². The minimum absolute atomic E-state index is 0.125. The average molecular weight is 316 g/mol. The summed E-state index contributed by atoms with van der Waals surface area (Å²) >= 11 is 0. The number of aliphatic carboxylic acids is 1. The molecule has 1 fully saturated rings. The van der Waals surface area contributed by atoms with Crippen LogP contribution in [0, 0.1) is 0 Å². The monoisotopic (exact) mass is 316 g/mol. The largest absolute Gasteiger partial charge is 0.481 e. The second kappa shape index (κ2) is 6.57. The Kier molecular flexibility index (Phi) is 4.33. The zero-order chi connectivity index (χ0) is 16.2. The summed E-state index contributed by atoms with van der Waals surface area (Å²) in [5.74, 6) is -1.22. The van der Waals surface area contributed by atoms with Gasteiger partial charge in [-0.1, -0.05) is 23.4 Å². The van der Waals surface area contributed by atoms with Crippen LogP contribution in [0.15, 0.2) is 36.5 Å². The Morgan fingerprint density at radius 1 is 1.30 bits per heavy atom. The van der Waals surface area contributed by atoms with Crippen LogP contribution in [0.2, 0.25) is 0 Å². The molecule has 1 aliphatic heterocycles. The highest BCUT2D eigenvalue weighted by Gasteiger charge is 2.28. The van der Waals surface area contributed by atoms with Crippen LogP contribution in [0.25, 0.3) is 5.69 Å². The maximum absolute atomic E-state index is 12.5. The van der Waals surface area contributed by atoms with Crippen molar-refractivity contribution in [3.63, 3.8) is 0 Å². The third-order valence-corrected chi connectivity index (χ3v) is 3.56. The predicted molar refractivity (Wildman–Crippen MR) is 79.3 cm³/mol. The summed E-state index contributed by atoms with van der Waals surface area (Å²) < 4.78 is 6.89. The summed E-state index contributed by atoms with van der Waals surface area (Å²) in [6, 6.07) is 9.36. The first-order valence-electron chi connectivity index (χ1n) is 7.24. The number of carboxylic acid groups (broad SMARTS) is 1. The predicted octanol–water partition coefficient (Wildman–Crippen LogP) is 0.583. The lowest BCUT2D eigenvalue weighted by Gasteiger charge is -2.31. The molecule has 23 heavy (non-hydrogen) atoms. The van der Waals surface area contributed by atoms with Gasteiger partial charge in [0.05, 0.1) is 31.0 Å². The van der Waals surface area contributed by atoms with Gasteiger partial charge in [-0.3, -0.25) is 9.59 Å². The van der Waals surface area contributed by atoms with E-state index in [0.717, 1.165) is 5.69 Å². The molecule has 2 aromatic rings. The number of benzene rings is 1. The normalized spacial score (nSPS) is 17.9. The van der Waals surface area contributed by atoms with Crippen molar-refractivity contribution in [2.24, 2.45) is 0 Å². The number of ether oxygens (including phenoxy) is 1. The van der Waals surface area contributed by atoms with Crippen molar-refractivity contribution in [2.45, 2.75) is 12.5 Å². The van der Waals surface area contributed by atoms with Crippen molar-refractivity contribution in [1.29, 1.82) is 0 Å². The Balaban J connectivity index is 1.71. The standard InChI is InChI=1S/C15H16N4O4/c20-14(21)8-12-9-18(6-7-23-12)15(22)13-10-19(17-16-13)11-4-2-1-3-5-11/h1-5,10,12H,6-9H2,(H,20,21)/t12-/m1/s1. The summed E-state index contributed by atoms with van der Waals surface area (Å²) in [4.78, 5) is 24.8. The maximum Gasteiger partial charge on any atom is 0.306 e. The molecule has 0 saturated carbocycles. The Labute approximate surface area is 132 Å². The van der Waals surface area contributed by atoms with E-state index >= 15 is 0 Å². The molecule has 0 bridgehead atoms. The topological polar surface area (TPSA) is 97.6 Å². The van der Waals surface area contributed by atoms with Gasteiger partial charge in [-0.25, -0.2) is 4.68 Å². The van der Waals surface area contributed by atoms with Crippen LogP contribution in [0.5, 0.6) is 0 Å². The molecule has 1 aromatic carbocycles. The number of rotatable bonds is 4. The smallest absolute Gasteiger partial charge is 0.306 e. The number of nitrogens with zero attached hydrogens (tertiary/aromatic N) is 4. The molecule has 2 heterocycles. The number of aromatic nitrogens is 3. The quantitative estimate of drug-likeness (QED) is 0.886. The first kappa shape index (κ1) is 15.2. The minimum Gasteiger partial charge on any atom is -0.481 e. The maximum atomic E-state index is 12.5. The molecule has 1 saturated heterocycles. The lowest BCUT2D eigenvalue weighted by Crippen LogP contribution is -2.46. The average Bonchev–Trinajstić information content (AvgIpc) is 3.04. The number of para-hydroxylation sites is 1. The van der Waals surface area contributed by atoms with Gasteiger partial charge in [-0.2, -0.15) is 0 Å². The van der Waals surface area contributed by atoms with E-state index in [4.69, 9.17) is 9.84 Å². The lowest BCUT2D eigenvalue weighted by atomic mass is 10.2. The summed E-state index contributed by atoms with van der Waals surface area (Å²) in [5, 5.41) is 16.7. The van der Waals surface area contributed by atoms with Crippen LogP contribution in [-0.4, -0.2) is 62.7 Å². The molecule has 1 atom stereocenters. The SMILES string of the molecule is O=C(O)C[C@@H]1CN(C(=O)c2cn(-c3ccccc3)nn2)CCO1. The molecule has 1 aromatic heterocycles. The van der Waals surface area contributed by atoms with E-state index in [0.29, 0.717) is 13.2 Å². The fourth-order valence-corrected chi connectivity index (χ4v) is 2.45. The number of amides is 1. The first-order valence-corrected chi connectivity index (χ1v) is 7.24. The van der Waals surface area contributed by atoms with Gasteiger partial charge in [-0.05, 0) is 12.1 Å². The van der Waals surface area contributed by atoms with Gasteiger partial charge in [-0.15, -0.1) is 5.10 Å². The number of hydrogen-bond acceptors (Lipinski definition) is 5. The second-order valence-corrected chi connectivity index (χ2v) is 5.23. The molecular formula is C15H16N4O4. The first-order chi connectivity index (χ1) is 11.1. The third-order valence-electron chi connectivity index (χ3n) is 3.56. The fraction of sp³-hybridized carbons (Fsp3) is 0.333. The number of morpholine rings is 1. The van der Waals surface area contributed by atoms with E-state index < -0.39 is 12.1 Å². The Bertz CT molecular complexity index is 701. The van der Waals surface area contributed by atoms with E-state index in [1.165, 1.54) is 4.68 Å². The van der Waals surface area contributed by atoms with E-state index in [2.05, 4.69) is 10.3 Å². The summed E-state index contributed by atoms with van der Waals surface area (Å²) in [5.41, 5.74) is 1.04. The molecule has 0 spiro atoms. The van der Waals surface area contributed by atoms with Crippen LogP contribution in [0.1, 0.15) is 16.9 Å². The molecule has 8 nitrogen and oxygen atoms in total. The molecule has 1 amide bonds. The number of carboxylic acids is 1. The molecule has 120 valence electrons. The zero-order valence-corrected chi connectivity index (χ0v) is 12.3. The van der Waals surface area contributed by atoms with Crippen molar-refractivity contribution >= 4 is 11.9 Å². The van der Waals surface area contributed by atoms with Crippen molar-refractivity contribution in [3.05, 3.63) is 42.2 Å². The van der Waals surface area contributed by atoms with Gasteiger partial charge in [0, 0.05) is 13.1 Å². The number of carbonyl (C=O) groups is 2. The van der Waals surface area contributed by atoms with E-state index in [9.17, 15) is 9.59 Å². The van der Waals surface area contributed by atoms with Gasteiger partial charge in [0.15, 0.2) is 5.69 Å². The third kappa shape index (κ3) is 3.54. The Morgan fingerprint density at radius 2 is 2.09 bits per heavy atom. The number of hydrogen-bond donors (Lipinski definition) is 1. The number of carbonyl (C=O) groups excluding carboxylic acids is 1. The minimum atomic E-state index is -0.945. The van der Waals surface area contributed by atoms with Crippen molar-refractivity contribution in [2.75, 3.05) is 19.7 Å². The summed E-state index contributed by atoms with van der Waals surface area (Å²) in [7, 11) is 0. The molecule has 3 rings (SSSR count). The van der Waals surface area contributed by atoms with Crippen molar-refractivity contribution < 1.29 is 19.4 Å². The Hall–Kier alpha value is -2.74. The highest BCUT2D eigenvalue weighted by atomic mass is 16.5. The molecular weight excluding hydrogens is 300 g/mol. The highest BCUT2D eigenvalue weighted by Crippen LogP contribution is 2.13. The van der Waals surface area contributed by atoms with Crippen molar-refractivity contribution in [1.82, 2.24) is 19.9 Å². The molecule has 0 unspecified atom stereocenters. The van der Waals surface area contributed by atoms with Crippen LogP contribution in [-0.2, 0) is 9.53 Å². The zero-order valence-electron chi connectivity index (χ0n) is 12.3. The van der Waals surface area contributed by atoms with Gasteiger partial charge in [0.2, 0.25) is 0 Å².